The third-order valence-electron chi connectivity index (χ3n) is 3.19. The van der Waals surface area contributed by atoms with Crippen LogP contribution in [-0.2, 0) is 9.59 Å². The fourth-order valence-electron chi connectivity index (χ4n) is 2.14. The summed E-state index contributed by atoms with van der Waals surface area (Å²) >= 11 is 5.63. The summed E-state index contributed by atoms with van der Waals surface area (Å²) in [6, 6.07) is 3.12. The van der Waals surface area contributed by atoms with Crippen molar-refractivity contribution in [3.05, 3.63) is 29.0 Å². The number of piperazine rings is 1. The first kappa shape index (κ1) is 15.7. The van der Waals surface area contributed by atoms with Crippen LogP contribution in [0.1, 0.15) is 0 Å². The quantitative estimate of drug-likeness (QED) is 0.765. The van der Waals surface area contributed by atoms with E-state index in [2.05, 4.69) is 10.6 Å². The molecule has 1 saturated heterocycles. The molecule has 1 unspecified atom stereocenters. The van der Waals surface area contributed by atoms with Gasteiger partial charge in [-0.15, -0.1) is 0 Å². The van der Waals surface area contributed by atoms with Crippen molar-refractivity contribution < 1.29 is 19.1 Å². The Labute approximate surface area is 125 Å². The number of carboxylic acid groups (broad SMARTS) is 1. The molecule has 1 atom stereocenters. The maximum absolute atomic E-state index is 13.0. The molecule has 0 bridgehead atoms. The average Bonchev–Trinajstić information content (AvgIpc) is 2.43. The van der Waals surface area contributed by atoms with Crippen molar-refractivity contribution in [1.29, 1.82) is 0 Å². The van der Waals surface area contributed by atoms with Crippen molar-refractivity contribution in [3.8, 4) is 0 Å². The lowest BCUT2D eigenvalue weighted by atomic mass is 10.2. The Bertz CT molecular complexity index is 555. The molecule has 0 spiro atoms. The van der Waals surface area contributed by atoms with Gasteiger partial charge in [0.25, 0.3) is 0 Å². The van der Waals surface area contributed by atoms with Crippen molar-refractivity contribution in [2.45, 2.75) is 6.04 Å². The van der Waals surface area contributed by atoms with Crippen molar-refractivity contribution >= 4 is 29.2 Å². The van der Waals surface area contributed by atoms with E-state index in [1.807, 2.05) is 0 Å². The standard InChI is InChI=1S/C13H15ClFN3O3/c14-9-5-8(1-2-10(9)15)17-12(19)7-18-4-3-16-6-11(18)13(20)21/h1-2,5,11,16H,3-4,6-7H2,(H,17,19)(H,20,21). The summed E-state index contributed by atoms with van der Waals surface area (Å²) in [4.78, 5) is 24.6. The van der Waals surface area contributed by atoms with E-state index in [1.54, 1.807) is 4.90 Å². The molecule has 1 aliphatic rings. The summed E-state index contributed by atoms with van der Waals surface area (Å²) in [5.74, 6) is -1.91. The molecule has 8 heteroatoms. The maximum Gasteiger partial charge on any atom is 0.322 e. The summed E-state index contributed by atoms with van der Waals surface area (Å²) in [5.41, 5.74) is 0.369. The number of rotatable bonds is 4. The van der Waals surface area contributed by atoms with Crippen LogP contribution in [0.25, 0.3) is 0 Å². The van der Waals surface area contributed by atoms with Crippen LogP contribution in [0, 0.1) is 5.82 Å². The highest BCUT2D eigenvalue weighted by atomic mass is 35.5. The predicted molar refractivity (Wildman–Crippen MR) is 75.9 cm³/mol. The molecule has 3 N–H and O–H groups in total. The van der Waals surface area contributed by atoms with Gasteiger partial charge in [-0.2, -0.15) is 0 Å². The highest BCUT2D eigenvalue weighted by Crippen LogP contribution is 2.19. The van der Waals surface area contributed by atoms with Crippen LogP contribution in [-0.4, -0.2) is 54.1 Å². The lowest BCUT2D eigenvalue weighted by Crippen LogP contribution is -2.56. The van der Waals surface area contributed by atoms with Gasteiger partial charge < -0.3 is 15.7 Å². The molecule has 1 fully saturated rings. The number of benzene rings is 1. The van der Waals surface area contributed by atoms with Crippen LogP contribution in [0.15, 0.2) is 18.2 Å². The molecule has 0 aromatic heterocycles. The normalized spacial score (nSPS) is 19.2. The fourth-order valence-corrected chi connectivity index (χ4v) is 2.32. The Morgan fingerprint density at radius 3 is 2.95 bits per heavy atom. The molecule has 1 aromatic carbocycles. The Balaban J connectivity index is 1.97. The second kappa shape index (κ2) is 6.84. The second-order valence-electron chi connectivity index (χ2n) is 4.71. The summed E-state index contributed by atoms with van der Waals surface area (Å²) in [6.45, 7) is 1.34. The number of hydrogen-bond acceptors (Lipinski definition) is 4. The lowest BCUT2D eigenvalue weighted by molar-refractivity contribution is -0.144. The minimum atomic E-state index is -0.972. The molecule has 0 radical (unpaired) electrons. The van der Waals surface area contributed by atoms with Crippen LogP contribution in [0.5, 0.6) is 0 Å². The van der Waals surface area contributed by atoms with Gasteiger partial charge in [-0.25, -0.2) is 4.39 Å². The van der Waals surface area contributed by atoms with Gasteiger partial charge in [0.15, 0.2) is 0 Å². The van der Waals surface area contributed by atoms with Crippen LogP contribution in [0.2, 0.25) is 5.02 Å². The van der Waals surface area contributed by atoms with Gasteiger partial charge in [-0.05, 0) is 18.2 Å². The fraction of sp³-hybridized carbons (Fsp3) is 0.385. The van der Waals surface area contributed by atoms with Gasteiger partial charge in [-0.1, -0.05) is 11.6 Å². The van der Waals surface area contributed by atoms with Crippen LogP contribution in [0.4, 0.5) is 10.1 Å². The molecule has 1 heterocycles. The van der Waals surface area contributed by atoms with Gasteiger partial charge in [0.1, 0.15) is 11.9 Å². The first-order valence-corrected chi connectivity index (χ1v) is 6.77. The number of carboxylic acids is 1. The SMILES string of the molecule is O=C(CN1CCNCC1C(=O)O)Nc1ccc(F)c(Cl)c1. The minimum absolute atomic E-state index is 0.0480. The highest BCUT2D eigenvalue weighted by molar-refractivity contribution is 6.31. The average molecular weight is 316 g/mol. The van der Waals surface area contributed by atoms with Crippen molar-refractivity contribution in [1.82, 2.24) is 10.2 Å². The van der Waals surface area contributed by atoms with E-state index in [-0.39, 0.29) is 17.5 Å². The van der Waals surface area contributed by atoms with E-state index in [1.165, 1.54) is 12.1 Å². The highest BCUT2D eigenvalue weighted by Gasteiger charge is 2.29. The zero-order chi connectivity index (χ0) is 15.4. The number of nitrogens with one attached hydrogen (secondary N) is 2. The molecule has 1 aromatic rings. The third kappa shape index (κ3) is 4.13. The van der Waals surface area contributed by atoms with Gasteiger partial charge in [0, 0.05) is 25.3 Å². The van der Waals surface area contributed by atoms with E-state index in [9.17, 15) is 14.0 Å². The summed E-state index contributed by atoms with van der Waals surface area (Å²) in [7, 11) is 0. The summed E-state index contributed by atoms with van der Waals surface area (Å²) in [5, 5.41) is 14.6. The Kier molecular flexibility index (Phi) is 5.11. The smallest absolute Gasteiger partial charge is 0.322 e. The number of carbonyl (C=O) groups excluding carboxylic acids is 1. The zero-order valence-electron chi connectivity index (χ0n) is 11.1. The molecule has 1 amide bonds. The minimum Gasteiger partial charge on any atom is -0.480 e. The third-order valence-corrected chi connectivity index (χ3v) is 3.48. The van der Waals surface area contributed by atoms with Gasteiger partial charge >= 0.3 is 5.97 Å². The molecule has 6 nitrogen and oxygen atoms in total. The van der Waals surface area contributed by atoms with Gasteiger partial charge in [0.2, 0.25) is 5.91 Å². The zero-order valence-corrected chi connectivity index (χ0v) is 11.9. The second-order valence-corrected chi connectivity index (χ2v) is 5.11. The van der Waals surface area contributed by atoms with Crippen molar-refractivity contribution in [3.63, 3.8) is 0 Å². The molecule has 1 aliphatic heterocycles. The van der Waals surface area contributed by atoms with E-state index in [0.29, 0.717) is 25.3 Å². The Morgan fingerprint density at radius 1 is 1.52 bits per heavy atom. The summed E-state index contributed by atoms with van der Waals surface area (Å²) < 4.78 is 13.0. The molecule has 2 rings (SSSR count). The Morgan fingerprint density at radius 2 is 2.29 bits per heavy atom. The van der Waals surface area contributed by atoms with Crippen molar-refractivity contribution in [2.75, 3.05) is 31.5 Å². The topological polar surface area (TPSA) is 81.7 Å². The van der Waals surface area contributed by atoms with E-state index in [0.717, 1.165) is 6.07 Å². The van der Waals surface area contributed by atoms with E-state index >= 15 is 0 Å². The first-order valence-electron chi connectivity index (χ1n) is 6.40. The largest absolute Gasteiger partial charge is 0.480 e. The summed E-state index contributed by atoms with van der Waals surface area (Å²) in [6.07, 6.45) is 0. The van der Waals surface area contributed by atoms with Crippen molar-refractivity contribution in [2.24, 2.45) is 0 Å². The molecule has 114 valence electrons. The molecule has 21 heavy (non-hydrogen) atoms. The van der Waals surface area contributed by atoms with E-state index < -0.39 is 17.8 Å². The molecule has 0 saturated carbocycles. The maximum atomic E-state index is 13.0. The number of nitrogens with zero attached hydrogens (tertiary/aromatic N) is 1. The molecular weight excluding hydrogens is 301 g/mol. The number of aliphatic carboxylic acids is 1. The number of carbonyl (C=O) groups is 2. The van der Waals surface area contributed by atoms with E-state index in [4.69, 9.17) is 16.7 Å². The number of hydrogen-bond donors (Lipinski definition) is 3. The molecule has 0 aliphatic carbocycles. The van der Waals surface area contributed by atoms with Gasteiger partial charge in [0.05, 0.1) is 11.6 Å². The number of anilines is 1. The van der Waals surface area contributed by atoms with Gasteiger partial charge in [-0.3, -0.25) is 14.5 Å². The lowest BCUT2D eigenvalue weighted by Gasteiger charge is -2.32. The monoisotopic (exact) mass is 315 g/mol. The first-order chi connectivity index (χ1) is 9.97. The molecular formula is C13H15ClFN3O3. The van der Waals surface area contributed by atoms with Crippen LogP contribution in [0.3, 0.4) is 0 Å². The number of amides is 1. The van der Waals surface area contributed by atoms with Crippen LogP contribution >= 0.6 is 11.6 Å². The number of halogens is 2. The predicted octanol–water partition coefficient (Wildman–Crippen LogP) is 0.776. The Hall–Kier alpha value is -1.70. The van der Waals surface area contributed by atoms with Crippen LogP contribution < -0.4 is 10.6 Å².